The average molecular weight is 334 g/mol. The molecule has 3 amide bonds. The smallest absolute Gasteiger partial charge is 0.409 e. The van der Waals surface area contributed by atoms with E-state index in [1.807, 2.05) is 24.3 Å². The van der Waals surface area contributed by atoms with Crippen LogP contribution in [-0.4, -0.2) is 48.2 Å². The van der Waals surface area contributed by atoms with Crippen molar-refractivity contribution in [3.8, 4) is 0 Å². The minimum atomic E-state index is -0.317. The molecule has 8 heteroatoms. The molecule has 1 aliphatic heterocycles. The summed E-state index contributed by atoms with van der Waals surface area (Å²) in [6, 6.07) is 7.53. The number of methoxy groups -OCH3 is 1. The number of carbonyl (C=O) groups is 2. The summed E-state index contributed by atoms with van der Waals surface area (Å²) in [5, 5.41) is 6.28. The van der Waals surface area contributed by atoms with Gasteiger partial charge in [-0.1, -0.05) is 23.5 Å². The van der Waals surface area contributed by atoms with Gasteiger partial charge in [0.25, 0.3) is 0 Å². The summed E-state index contributed by atoms with van der Waals surface area (Å²) in [4.78, 5) is 29.5. The normalized spacial score (nSPS) is 15.4. The van der Waals surface area contributed by atoms with Crippen molar-refractivity contribution in [2.45, 2.75) is 18.9 Å². The Morgan fingerprint density at radius 1 is 1.30 bits per heavy atom. The van der Waals surface area contributed by atoms with E-state index in [9.17, 15) is 9.59 Å². The Morgan fingerprint density at radius 3 is 2.74 bits per heavy atom. The molecule has 1 fully saturated rings. The lowest BCUT2D eigenvalue weighted by Gasteiger charge is -2.31. The number of anilines is 1. The van der Waals surface area contributed by atoms with E-state index in [0.717, 1.165) is 10.2 Å². The minimum Gasteiger partial charge on any atom is -0.453 e. The first-order chi connectivity index (χ1) is 11.2. The molecule has 122 valence electrons. The third kappa shape index (κ3) is 3.70. The summed E-state index contributed by atoms with van der Waals surface area (Å²) in [5.74, 6) is 0. The first-order valence-corrected chi connectivity index (χ1v) is 8.23. The first-order valence-electron chi connectivity index (χ1n) is 7.41. The number of likely N-dealkylation sites (tertiary alicyclic amines) is 1. The van der Waals surface area contributed by atoms with E-state index in [-0.39, 0.29) is 18.2 Å². The number of hydrogen-bond donors (Lipinski definition) is 2. The fourth-order valence-corrected chi connectivity index (χ4v) is 3.44. The summed E-state index contributed by atoms with van der Waals surface area (Å²) < 4.78 is 5.73. The molecule has 0 unspecified atom stereocenters. The molecule has 0 bridgehead atoms. The van der Waals surface area contributed by atoms with Gasteiger partial charge in [0.15, 0.2) is 5.13 Å². The van der Waals surface area contributed by atoms with E-state index in [0.29, 0.717) is 31.1 Å². The molecule has 3 rings (SSSR count). The third-order valence-electron chi connectivity index (χ3n) is 3.78. The molecule has 1 aromatic carbocycles. The summed E-state index contributed by atoms with van der Waals surface area (Å²) in [6.07, 6.45) is 1.10. The van der Waals surface area contributed by atoms with Crippen LogP contribution in [0.1, 0.15) is 12.8 Å². The van der Waals surface area contributed by atoms with Gasteiger partial charge in [0.2, 0.25) is 0 Å². The molecule has 2 N–H and O–H groups in total. The maximum Gasteiger partial charge on any atom is 0.409 e. The monoisotopic (exact) mass is 334 g/mol. The predicted molar refractivity (Wildman–Crippen MR) is 88.8 cm³/mol. The molecule has 0 saturated carbocycles. The van der Waals surface area contributed by atoms with Crippen molar-refractivity contribution < 1.29 is 14.3 Å². The predicted octanol–water partition coefficient (Wildman–Crippen LogP) is 2.65. The second kappa shape index (κ2) is 6.82. The summed E-state index contributed by atoms with van der Waals surface area (Å²) in [7, 11) is 1.37. The molecule has 1 aliphatic rings. The van der Waals surface area contributed by atoms with Gasteiger partial charge in [0.1, 0.15) is 0 Å². The number of nitrogens with one attached hydrogen (secondary N) is 2. The van der Waals surface area contributed by atoms with Crippen molar-refractivity contribution >= 4 is 38.8 Å². The van der Waals surface area contributed by atoms with Gasteiger partial charge >= 0.3 is 12.1 Å². The molecule has 0 atom stereocenters. The Balaban J connectivity index is 1.51. The first kappa shape index (κ1) is 15.5. The lowest BCUT2D eigenvalue weighted by molar-refractivity contribution is 0.110. The van der Waals surface area contributed by atoms with Crippen LogP contribution in [0, 0.1) is 0 Å². The molecule has 0 radical (unpaired) electrons. The zero-order valence-corrected chi connectivity index (χ0v) is 13.6. The van der Waals surface area contributed by atoms with Crippen LogP contribution in [0.2, 0.25) is 0 Å². The summed E-state index contributed by atoms with van der Waals surface area (Å²) >= 11 is 1.44. The second-order valence-electron chi connectivity index (χ2n) is 5.32. The van der Waals surface area contributed by atoms with Crippen LogP contribution < -0.4 is 10.6 Å². The number of benzene rings is 1. The Labute approximate surface area is 137 Å². The Morgan fingerprint density at radius 2 is 2.04 bits per heavy atom. The molecule has 0 spiro atoms. The topological polar surface area (TPSA) is 83.6 Å². The van der Waals surface area contributed by atoms with Gasteiger partial charge in [-0.2, -0.15) is 0 Å². The highest BCUT2D eigenvalue weighted by molar-refractivity contribution is 7.22. The van der Waals surface area contributed by atoms with Gasteiger partial charge in [-0.05, 0) is 25.0 Å². The van der Waals surface area contributed by atoms with Crippen LogP contribution in [0.15, 0.2) is 24.3 Å². The number of ether oxygens (including phenoxy) is 1. The fourth-order valence-electron chi connectivity index (χ4n) is 2.58. The van der Waals surface area contributed by atoms with Crippen LogP contribution in [0.4, 0.5) is 14.7 Å². The fraction of sp³-hybridized carbons (Fsp3) is 0.400. The number of fused-ring (bicyclic) bond motifs is 1. The van der Waals surface area contributed by atoms with Crippen LogP contribution in [-0.2, 0) is 4.74 Å². The van der Waals surface area contributed by atoms with E-state index in [2.05, 4.69) is 15.6 Å². The number of urea groups is 1. The number of amides is 3. The van der Waals surface area contributed by atoms with Crippen molar-refractivity contribution in [2.24, 2.45) is 0 Å². The van der Waals surface area contributed by atoms with Crippen molar-refractivity contribution in [1.29, 1.82) is 0 Å². The Kier molecular flexibility index (Phi) is 4.61. The number of carbonyl (C=O) groups excluding carboxylic acids is 2. The van der Waals surface area contributed by atoms with Crippen LogP contribution >= 0.6 is 11.3 Å². The van der Waals surface area contributed by atoms with Crippen molar-refractivity contribution in [3.63, 3.8) is 0 Å². The maximum absolute atomic E-state index is 12.1. The second-order valence-corrected chi connectivity index (χ2v) is 6.35. The highest BCUT2D eigenvalue weighted by Gasteiger charge is 2.24. The van der Waals surface area contributed by atoms with E-state index in [4.69, 9.17) is 4.74 Å². The summed E-state index contributed by atoms with van der Waals surface area (Å²) in [5.41, 5.74) is 0.874. The molecule has 2 heterocycles. The van der Waals surface area contributed by atoms with Gasteiger partial charge < -0.3 is 15.0 Å². The van der Waals surface area contributed by atoms with Gasteiger partial charge in [-0.3, -0.25) is 5.32 Å². The highest BCUT2D eigenvalue weighted by Crippen LogP contribution is 2.25. The zero-order chi connectivity index (χ0) is 16.2. The minimum absolute atomic E-state index is 0.0466. The number of para-hydroxylation sites is 1. The zero-order valence-electron chi connectivity index (χ0n) is 12.7. The Bertz CT molecular complexity index is 677. The summed E-state index contributed by atoms with van der Waals surface area (Å²) in [6.45, 7) is 1.16. The highest BCUT2D eigenvalue weighted by atomic mass is 32.1. The van der Waals surface area contributed by atoms with Gasteiger partial charge in [-0.25, -0.2) is 14.6 Å². The van der Waals surface area contributed by atoms with Crippen molar-refractivity contribution in [3.05, 3.63) is 24.3 Å². The van der Waals surface area contributed by atoms with Crippen molar-refractivity contribution in [2.75, 3.05) is 25.5 Å². The number of nitrogens with zero attached hydrogens (tertiary/aromatic N) is 2. The van der Waals surface area contributed by atoms with Crippen LogP contribution in [0.25, 0.3) is 10.2 Å². The molecule has 23 heavy (non-hydrogen) atoms. The number of piperidine rings is 1. The number of aromatic nitrogens is 1. The molecular formula is C15H18N4O3S. The SMILES string of the molecule is COC(=O)N1CCC(NC(=O)Nc2nc3ccccc3s2)CC1. The molecule has 7 nitrogen and oxygen atoms in total. The van der Waals surface area contributed by atoms with E-state index in [1.165, 1.54) is 18.4 Å². The van der Waals surface area contributed by atoms with E-state index in [1.54, 1.807) is 4.90 Å². The third-order valence-corrected chi connectivity index (χ3v) is 4.73. The van der Waals surface area contributed by atoms with Gasteiger partial charge in [-0.15, -0.1) is 0 Å². The Hall–Kier alpha value is -2.35. The van der Waals surface area contributed by atoms with Crippen LogP contribution in [0.5, 0.6) is 0 Å². The molecule has 1 aromatic heterocycles. The molecule has 0 aliphatic carbocycles. The van der Waals surface area contributed by atoms with Gasteiger partial charge in [0.05, 0.1) is 17.3 Å². The number of hydrogen-bond acceptors (Lipinski definition) is 5. The molecule has 1 saturated heterocycles. The van der Waals surface area contributed by atoms with Gasteiger partial charge in [0, 0.05) is 19.1 Å². The quantitative estimate of drug-likeness (QED) is 0.884. The number of rotatable bonds is 2. The maximum atomic E-state index is 12.1. The molecular weight excluding hydrogens is 316 g/mol. The van der Waals surface area contributed by atoms with E-state index >= 15 is 0 Å². The largest absolute Gasteiger partial charge is 0.453 e. The van der Waals surface area contributed by atoms with Crippen LogP contribution in [0.3, 0.4) is 0 Å². The lowest BCUT2D eigenvalue weighted by Crippen LogP contribution is -2.47. The average Bonchev–Trinajstić information content (AvgIpc) is 2.96. The molecule has 2 aromatic rings. The van der Waals surface area contributed by atoms with E-state index < -0.39 is 0 Å². The number of thiazole rings is 1. The van der Waals surface area contributed by atoms with Crippen molar-refractivity contribution in [1.82, 2.24) is 15.2 Å². The lowest BCUT2D eigenvalue weighted by atomic mass is 10.1. The standard InChI is InChI=1S/C15H18N4O3S/c1-22-15(21)19-8-6-10(7-9-19)16-13(20)18-14-17-11-4-2-3-5-12(11)23-14/h2-5,10H,6-9H2,1H3,(H2,16,17,18,20).